The van der Waals surface area contributed by atoms with Crippen LogP contribution in [0.4, 0.5) is 0 Å². The first kappa shape index (κ1) is 15.2. The molecule has 2 fully saturated rings. The summed E-state index contributed by atoms with van der Waals surface area (Å²) >= 11 is 1.70. The molecule has 9 heteroatoms. The molecule has 124 valence electrons. The Balaban J connectivity index is 1.55. The van der Waals surface area contributed by atoms with E-state index in [0.717, 1.165) is 25.2 Å². The van der Waals surface area contributed by atoms with E-state index in [9.17, 15) is 8.42 Å². The van der Waals surface area contributed by atoms with Crippen LogP contribution in [0.3, 0.4) is 0 Å². The number of sulfone groups is 1. The summed E-state index contributed by atoms with van der Waals surface area (Å²) in [7, 11) is -2.91. The summed E-state index contributed by atoms with van der Waals surface area (Å²) in [6.07, 6.45) is 2.94. The maximum absolute atomic E-state index is 11.9. The van der Waals surface area contributed by atoms with Gasteiger partial charge in [0.15, 0.2) is 15.7 Å². The Bertz CT molecular complexity index is 767. The standard InChI is InChI=1S/C14H19N5O2S2/c20-23(21)7-5-12(10-23)18(8-13-2-1-6-22-13)9-14-15-16-17-19(14)11-3-4-11/h1-2,6,11-12H,3-5,7-10H2. The molecule has 3 heterocycles. The molecule has 1 aliphatic heterocycles. The number of aromatic nitrogens is 4. The molecule has 0 N–H and O–H groups in total. The second-order valence-electron chi connectivity index (χ2n) is 6.31. The lowest BCUT2D eigenvalue weighted by atomic mass is 10.2. The van der Waals surface area contributed by atoms with Crippen molar-refractivity contribution in [2.75, 3.05) is 11.5 Å². The lowest BCUT2D eigenvalue weighted by Crippen LogP contribution is -2.36. The second kappa shape index (κ2) is 5.95. The second-order valence-corrected chi connectivity index (χ2v) is 9.57. The van der Waals surface area contributed by atoms with E-state index in [-0.39, 0.29) is 17.5 Å². The summed E-state index contributed by atoms with van der Waals surface area (Å²) < 4.78 is 25.6. The molecule has 4 rings (SSSR count). The molecule has 7 nitrogen and oxygen atoms in total. The number of tetrazole rings is 1. The van der Waals surface area contributed by atoms with Crippen LogP contribution in [0.2, 0.25) is 0 Å². The van der Waals surface area contributed by atoms with Gasteiger partial charge in [-0.2, -0.15) is 0 Å². The van der Waals surface area contributed by atoms with Gasteiger partial charge in [0.2, 0.25) is 0 Å². The minimum Gasteiger partial charge on any atom is -0.287 e. The SMILES string of the molecule is O=S1(=O)CCC(N(Cc2cccs2)Cc2nnnn2C2CC2)C1. The topological polar surface area (TPSA) is 81.0 Å². The fourth-order valence-corrected chi connectivity index (χ4v) is 5.57. The lowest BCUT2D eigenvalue weighted by molar-refractivity contribution is 0.187. The minimum absolute atomic E-state index is 0.0476. The van der Waals surface area contributed by atoms with Crippen LogP contribution < -0.4 is 0 Å². The van der Waals surface area contributed by atoms with Crippen LogP contribution in [-0.4, -0.2) is 51.1 Å². The third-order valence-corrected chi connectivity index (χ3v) is 7.07. The zero-order valence-corrected chi connectivity index (χ0v) is 14.3. The zero-order valence-electron chi connectivity index (χ0n) is 12.7. The van der Waals surface area contributed by atoms with E-state index in [1.54, 1.807) is 11.3 Å². The molecule has 2 aromatic heterocycles. The number of nitrogens with zero attached hydrogens (tertiary/aromatic N) is 5. The Kier molecular flexibility index (Phi) is 3.94. The Morgan fingerprint density at radius 1 is 1.30 bits per heavy atom. The molecule has 0 bridgehead atoms. The quantitative estimate of drug-likeness (QED) is 0.778. The largest absolute Gasteiger partial charge is 0.287 e. The van der Waals surface area contributed by atoms with Crippen molar-refractivity contribution in [2.45, 2.75) is 44.4 Å². The molecule has 0 amide bonds. The normalized spacial score (nSPS) is 23.6. The molecule has 2 aliphatic rings. The highest BCUT2D eigenvalue weighted by atomic mass is 32.2. The summed E-state index contributed by atoms with van der Waals surface area (Å²) in [6.45, 7) is 1.34. The van der Waals surface area contributed by atoms with Gasteiger partial charge in [-0.05, 0) is 41.1 Å². The molecule has 1 unspecified atom stereocenters. The fraction of sp³-hybridized carbons (Fsp3) is 0.643. The highest BCUT2D eigenvalue weighted by Gasteiger charge is 2.34. The van der Waals surface area contributed by atoms with Gasteiger partial charge in [-0.3, -0.25) is 4.90 Å². The maximum Gasteiger partial charge on any atom is 0.165 e. The molecule has 0 radical (unpaired) electrons. The van der Waals surface area contributed by atoms with Gasteiger partial charge < -0.3 is 0 Å². The number of thiophene rings is 1. The van der Waals surface area contributed by atoms with E-state index < -0.39 is 9.84 Å². The van der Waals surface area contributed by atoms with Gasteiger partial charge in [-0.1, -0.05) is 6.07 Å². The molecular weight excluding hydrogens is 334 g/mol. The van der Waals surface area contributed by atoms with Crippen molar-refractivity contribution in [2.24, 2.45) is 0 Å². The molecule has 23 heavy (non-hydrogen) atoms. The van der Waals surface area contributed by atoms with Crippen LogP contribution in [0.15, 0.2) is 17.5 Å². The summed E-state index contributed by atoms with van der Waals surface area (Å²) in [5.41, 5.74) is 0. The molecular formula is C14H19N5O2S2. The van der Waals surface area contributed by atoms with E-state index in [1.165, 1.54) is 4.88 Å². The summed E-state index contributed by atoms with van der Waals surface area (Å²) in [5, 5.41) is 14.1. The van der Waals surface area contributed by atoms with Crippen LogP contribution >= 0.6 is 11.3 Å². The van der Waals surface area contributed by atoms with Crippen molar-refractivity contribution < 1.29 is 8.42 Å². The van der Waals surface area contributed by atoms with E-state index in [0.29, 0.717) is 19.0 Å². The fourth-order valence-electron chi connectivity index (χ4n) is 3.08. The lowest BCUT2D eigenvalue weighted by Gasteiger charge is -2.26. The number of hydrogen-bond acceptors (Lipinski definition) is 7. The van der Waals surface area contributed by atoms with E-state index in [1.807, 2.05) is 16.1 Å². The molecule has 1 aliphatic carbocycles. The maximum atomic E-state index is 11.9. The van der Waals surface area contributed by atoms with Gasteiger partial charge in [-0.25, -0.2) is 13.1 Å². The smallest absolute Gasteiger partial charge is 0.165 e. The minimum atomic E-state index is -2.91. The number of hydrogen-bond donors (Lipinski definition) is 0. The Morgan fingerprint density at radius 3 is 2.83 bits per heavy atom. The van der Waals surface area contributed by atoms with Crippen LogP contribution in [-0.2, 0) is 22.9 Å². The van der Waals surface area contributed by atoms with Gasteiger partial charge in [0.1, 0.15) is 0 Å². The molecule has 2 aromatic rings. The number of rotatable bonds is 6. The zero-order chi connectivity index (χ0) is 15.9. The first-order valence-electron chi connectivity index (χ1n) is 7.84. The molecule has 0 aromatic carbocycles. The van der Waals surface area contributed by atoms with Gasteiger partial charge >= 0.3 is 0 Å². The predicted octanol–water partition coefficient (Wildman–Crippen LogP) is 1.26. The van der Waals surface area contributed by atoms with Gasteiger partial charge in [0.25, 0.3) is 0 Å². The molecule has 1 saturated carbocycles. The van der Waals surface area contributed by atoms with E-state index >= 15 is 0 Å². The van der Waals surface area contributed by atoms with Crippen molar-refractivity contribution in [3.8, 4) is 0 Å². The van der Waals surface area contributed by atoms with Gasteiger partial charge in [-0.15, -0.1) is 16.4 Å². The average Bonchev–Trinajstić information content (AvgIpc) is 2.90. The van der Waals surface area contributed by atoms with Crippen molar-refractivity contribution in [3.63, 3.8) is 0 Å². The monoisotopic (exact) mass is 353 g/mol. The molecule has 1 saturated heterocycles. The molecule has 1 atom stereocenters. The van der Waals surface area contributed by atoms with E-state index in [2.05, 4.69) is 26.5 Å². The summed E-state index contributed by atoms with van der Waals surface area (Å²) in [6, 6.07) is 4.59. The average molecular weight is 353 g/mol. The Hall–Kier alpha value is -1.32. The van der Waals surface area contributed by atoms with E-state index in [4.69, 9.17) is 0 Å². The van der Waals surface area contributed by atoms with Crippen LogP contribution in [0.5, 0.6) is 0 Å². The first-order chi connectivity index (χ1) is 11.1. The highest BCUT2D eigenvalue weighted by molar-refractivity contribution is 7.91. The van der Waals surface area contributed by atoms with Crippen molar-refractivity contribution in [1.29, 1.82) is 0 Å². The van der Waals surface area contributed by atoms with Gasteiger partial charge in [0.05, 0.1) is 24.1 Å². The van der Waals surface area contributed by atoms with Crippen molar-refractivity contribution >= 4 is 21.2 Å². The third-order valence-electron chi connectivity index (χ3n) is 4.46. The van der Waals surface area contributed by atoms with Crippen molar-refractivity contribution in [3.05, 3.63) is 28.2 Å². The Morgan fingerprint density at radius 2 is 2.17 bits per heavy atom. The van der Waals surface area contributed by atoms with Crippen LogP contribution in [0, 0.1) is 0 Å². The van der Waals surface area contributed by atoms with Gasteiger partial charge in [0, 0.05) is 17.5 Å². The summed E-state index contributed by atoms with van der Waals surface area (Å²) in [4.78, 5) is 3.46. The van der Waals surface area contributed by atoms with Crippen molar-refractivity contribution in [1.82, 2.24) is 25.1 Å². The summed E-state index contributed by atoms with van der Waals surface area (Å²) in [5.74, 6) is 1.36. The Labute approximate surface area is 139 Å². The molecule has 0 spiro atoms. The third kappa shape index (κ3) is 3.46. The first-order valence-corrected chi connectivity index (χ1v) is 10.5. The van der Waals surface area contributed by atoms with Crippen LogP contribution in [0.1, 0.15) is 36.0 Å². The predicted molar refractivity (Wildman–Crippen MR) is 86.7 cm³/mol. The highest BCUT2D eigenvalue weighted by Crippen LogP contribution is 2.35. The van der Waals surface area contributed by atoms with Crippen LogP contribution in [0.25, 0.3) is 0 Å².